The number of aryl methyl sites for hydroxylation is 1. The summed E-state index contributed by atoms with van der Waals surface area (Å²) in [7, 11) is 0. The molecule has 0 aliphatic carbocycles. The summed E-state index contributed by atoms with van der Waals surface area (Å²) in [6, 6.07) is 26.1. The Morgan fingerprint density at radius 2 is 1.33 bits per heavy atom. The Kier molecular flexibility index (Phi) is 6.26. The van der Waals surface area contributed by atoms with Gasteiger partial charge in [-0.15, -0.1) is 0 Å². The van der Waals surface area contributed by atoms with Gasteiger partial charge in [-0.2, -0.15) is 0 Å². The topological polar surface area (TPSA) is 17.8 Å². The highest BCUT2D eigenvalue weighted by Crippen LogP contribution is 2.37. The summed E-state index contributed by atoms with van der Waals surface area (Å²) in [6.07, 6.45) is 9.61. The van der Waals surface area contributed by atoms with Gasteiger partial charge in [-0.25, -0.2) is 4.98 Å². The van der Waals surface area contributed by atoms with Gasteiger partial charge in [0.1, 0.15) is 5.82 Å². The number of hydrogen-bond acceptors (Lipinski definition) is 1. The molecule has 0 amide bonds. The highest BCUT2D eigenvalue weighted by Gasteiger charge is 2.18. The molecule has 166 valence electrons. The highest BCUT2D eigenvalue weighted by molar-refractivity contribution is 6.23. The van der Waals surface area contributed by atoms with E-state index in [1.165, 1.54) is 65.6 Å². The van der Waals surface area contributed by atoms with E-state index in [1.807, 2.05) is 6.08 Å². The molecule has 0 atom stereocenters. The van der Waals surface area contributed by atoms with Crippen LogP contribution in [-0.4, -0.2) is 9.55 Å². The van der Waals surface area contributed by atoms with Gasteiger partial charge in [0.05, 0.1) is 11.0 Å². The Balaban J connectivity index is 1.70. The predicted molar refractivity (Wildman–Crippen MR) is 144 cm³/mol. The molecule has 0 unspecified atom stereocenters. The van der Waals surface area contributed by atoms with Crippen molar-refractivity contribution in [1.82, 2.24) is 9.55 Å². The van der Waals surface area contributed by atoms with E-state index in [0.717, 1.165) is 29.0 Å². The number of nitrogens with zero attached hydrogens (tertiary/aromatic N) is 2. The lowest BCUT2D eigenvalue weighted by Gasteiger charge is -2.12. The van der Waals surface area contributed by atoms with E-state index in [-0.39, 0.29) is 0 Å². The van der Waals surface area contributed by atoms with Crippen LogP contribution in [0, 0.1) is 0 Å². The number of hydrogen-bond donors (Lipinski definition) is 0. The van der Waals surface area contributed by atoms with E-state index in [2.05, 4.69) is 90.9 Å². The molecule has 1 aromatic heterocycles. The van der Waals surface area contributed by atoms with Crippen molar-refractivity contribution in [3.8, 4) is 11.4 Å². The molecule has 5 rings (SSSR count). The molecule has 0 radical (unpaired) electrons. The van der Waals surface area contributed by atoms with Crippen LogP contribution >= 0.6 is 0 Å². The Labute approximate surface area is 196 Å². The van der Waals surface area contributed by atoms with Gasteiger partial charge in [0, 0.05) is 22.9 Å². The van der Waals surface area contributed by atoms with E-state index < -0.39 is 0 Å². The third kappa shape index (κ3) is 4.06. The summed E-state index contributed by atoms with van der Waals surface area (Å²) in [6.45, 7) is 7.17. The minimum absolute atomic E-state index is 0.990. The van der Waals surface area contributed by atoms with Crippen LogP contribution in [0.25, 0.3) is 50.0 Å². The molecule has 1 heterocycles. The number of unbranched alkanes of at least 4 members (excludes halogenated alkanes) is 5. The van der Waals surface area contributed by atoms with Gasteiger partial charge in [-0.05, 0) is 22.8 Å². The molecule has 0 N–H and O–H groups in total. The van der Waals surface area contributed by atoms with Crippen molar-refractivity contribution in [3.05, 3.63) is 84.9 Å². The van der Waals surface area contributed by atoms with Crippen molar-refractivity contribution in [2.45, 2.75) is 52.0 Å². The molecule has 33 heavy (non-hydrogen) atoms. The maximum atomic E-state index is 5.28. The quantitative estimate of drug-likeness (QED) is 0.168. The first kappa shape index (κ1) is 21.5. The molecule has 2 heteroatoms. The molecular formula is C31H32N2. The molecular weight excluding hydrogens is 400 g/mol. The van der Waals surface area contributed by atoms with Crippen molar-refractivity contribution in [2.75, 3.05) is 0 Å². The Morgan fingerprint density at radius 1 is 0.727 bits per heavy atom. The first-order chi connectivity index (χ1) is 16.3. The van der Waals surface area contributed by atoms with Crippen LogP contribution < -0.4 is 0 Å². The second kappa shape index (κ2) is 9.62. The maximum absolute atomic E-state index is 5.28. The molecule has 2 nitrogen and oxygen atoms in total. The van der Waals surface area contributed by atoms with Gasteiger partial charge in [-0.1, -0.05) is 124 Å². The lowest BCUT2D eigenvalue weighted by molar-refractivity contribution is 0.566. The van der Waals surface area contributed by atoms with E-state index in [0.29, 0.717) is 0 Å². The fourth-order valence-corrected chi connectivity index (χ4v) is 5.02. The SMILES string of the molecule is C=Cc1ccc(-c2nc3c4ccccc4c4ccccc4c3n2CCCCCCCC)cc1. The van der Waals surface area contributed by atoms with Gasteiger partial charge in [0.15, 0.2) is 0 Å². The molecule has 5 aromatic rings. The van der Waals surface area contributed by atoms with Gasteiger partial charge in [0.25, 0.3) is 0 Å². The maximum Gasteiger partial charge on any atom is 0.141 e. The summed E-state index contributed by atoms with van der Waals surface area (Å²) in [5.41, 5.74) is 4.67. The smallest absolute Gasteiger partial charge is 0.141 e. The third-order valence-corrected chi connectivity index (χ3v) is 6.76. The number of fused-ring (bicyclic) bond motifs is 6. The second-order valence-electron chi connectivity index (χ2n) is 8.97. The molecule has 0 fully saturated rings. The van der Waals surface area contributed by atoms with E-state index in [1.54, 1.807) is 0 Å². The van der Waals surface area contributed by atoms with E-state index >= 15 is 0 Å². The summed E-state index contributed by atoms with van der Waals surface area (Å²) < 4.78 is 2.48. The van der Waals surface area contributed by atoms with Crippen LogP contribution in [-0.2, 0) is 6.54 Å². The zero-order valence-corrected chi connectivity index (χ0v) is 19.6. The molecule has 4 aromatic carbocycles. The molecule has 0 spiro atoms. The normalized spacial score (nSPS) is 11.5. The first-order valence-electron chi connectivity index (χ1n) is 12.3. The van der Waals surface area contributed by atoms with Crippen LogP contribution in [0.4, 0.5) is 0 Å². The van der Waals surface area contributed by atoms with Gasteiger partial charge in [-0.3, -0.25) is 0 Å². The number of aromatic nitrogens is 2. The van der Waals surface area contributed by atoms with Crippen molar-refractivity contribution < 1.29 is 0 Å². The Bertz CT molecular complexity index is 1410. The Morgan fingerprint density at radius 3 is 2.03 bits per heavy atom. The monoisotopic (exact) mass is 432 g/mol. The standard InChI is InChI=1S/C31H32N2/c1-3-5-6-7-8-13-22-33-30-28-17-12-10-15-26(28)25-14-9-11-16-27(25)29(30)32-31(33)24-20-18-23(4-2)19-21-24/h4,9-12,14-21H,2-3,5-8,13,22H2,1H3. The molecule has 0 bridgehead atoms. The van der Waals surface area contributed by atoms with E-state index in [4.69, 9.17) is 4.98 Å². The van der Waals surface area contributed by atoms with Crippen LogP contribution in [0.1, 0.15) is 51.0 Å². The lowest BCUT2D eigenvalue weighted by Crippen LogP contribution is -2.01. The van der Waals surface area contributed by atoms with Crippen molar-refractivity contribution in [1.29, 1.82) is 0 Å². The van der Waals surface area contributed by atoms with Gasteiger partial charge in [0.2, 0.25) is 0 Å². The summed E-state index contributed by atoms with van der Waals surface area (Å²) >= 11 is 0. The summed E-state index contributed by atoms with van der Waals surface area (Å²) in [5.74, 6) is 1.07. The zero-order chi connectivity index (χ0) is 22.6. The minimum Gasteiger partial charge on any atom is -0.323 e. The van der Waals surface area contributed by atoms with Crippen molar-refractivity contribution in [3.63, 3.8) is 0 Å². The first-order valence-corrected chi connectivity index (χ1v) is 12.3. The fourth-order valence-electron chi connectivity index (χ4n) is 5.02. The highest BCUT2D eigenvalue weighted by atomic mass is 15.1. The third-order valence-electron chi connectivity index (χ3n) is 6.76. The van der Waals surface area contributed by atoms with Gasteiger partial charge < -0.3 is 4.57 Å². The molecule has 0 aliphatic heterocycles. The number of imidazole rings is 1. The average molecular weight is 433 g/mol. The van der Waals surface area contributed by atoms with Crippen LogP contribution in [0.3, 0.4) is 0 Å². The van der Waals surface area contributed by atoms with Crippen LogP contribution in [0.5, 0.6) is 0 Å². The largest absolute Gasteiger partial charge is 0.323 e. The minimum atomic E-state index is 0.990. The number of rotatable bonds is 9. The molecule has 0 saturated carbocycles. The van der Waals surface area contributed by atoms with Crippen molar-refractivity contribution in [2.24, 2.45) is 0 Å². The molecule has 0 saturated heterocycles. The number of benzene rings is 4. The second-order valence-corrected chi connectivity index (χ2v) is 8.97. The zero-order valence-electron chi connectivity index (χ0n) is 19.6. The van der Waals surface area contributed by atoms with Crippen LogP contribution in [0.15, 0.2) is 79.4 Å². The molecule has 0 aliphatic rings. The lowest BCUT2D eigenvalue weighted by atomic mass is 10.00. The van der Waals surface area contributed by atoms with Gasteiger partial charge >= 0.3 is 0 Å². The van der Waals surface area contributed by atoms with Crippen LogP contribution in [0.2, 0.25) is 0 Å². The summed E-state index contributed by atoms with van der Waals surface area (Å²) in [5, 5.41) is 5.10. The summed E-state index contributed by atoms with van der Waals surface area (Å²) in [4.78, 5) is 5.28. The Hall–Kier alpha value is -3.39. The average Bonchev–Trinajstić information content (AvgIpc) is 3.26. The van der Waals surface area contributed by atoms with E-state index in [9.17, 15) is 0 Å². The predicted octanol–water partition coefficient (Wildman–Crippen LogP) is 9.01. The fraction of sp³-hybridized carbons (Fsp3) is 0.258. The van der Waals surface area contributed by atoms with Crippen molar-refractivity contribution >= 4 is 38.7 Å².